The molecule has 0 amide bonds. The molecule has 64 valence electrons. The van der Waals surface area contributed by atoms with Gasteiger partial charge in [-0.05, 0) is 17.8 Å². The van der Waals surface area contributed by atoms with Crippen molar-refractivity contribution in [2.75, 3.05) is 0 Å². The van der Waals surface area contributed by atoms with Crippen LogP contribution in [0.2, 0.25) is 0 Å². The Hall–Kier alpha value is -0.400. The number of halogens is 1. The van der Waals surface area contributed by atoms with Gasteiger partial charge in [0.2, 0.25) is 0 Å². The maximum atomic E-state index is 12.9. The molecule has 11 heavy (non-hydrogen) atoms. The first-order valence-corrected chi connectivity index (χ1v) is 4.10. The Bertz CT molecular complexity index is 174. The zero-order valence-electron chi connectivity index (χ0n) is 7.36. The zero-order chi connectivity index (χ0) is 8.65. The van der Waals surface area contributed by atoms with Gasteiger partial charge < -0.3 is 0 Å². The van der Waals surface area contributed by atoms with Gasteiger partial charge in [-0.3, -0.25) is 4.79 Å². The molecule has 1 fully saturated rings. The molecule has 0 bridgehead atoms. The third-order valence-electron chi connectivity index (χ3n) is 2.90. The van der Waals surface area contributed by atoms with Crippen molar-refractivity contribution in [2.45, 2.75) is 39.8 Å². The van der Waals surface area contributed by atoms with E-state index in [4.69, 9.17) is 0 Å². The number of Topliss-reactive ketones (excluding diaryl/α,β-unsaturated/α-hetero) is 1. The second kappa shape index (κ2) is 2.58. The van der Waals surface area contributed by atoms with E-state index in [-0.39, 0.29) is 11.2 Å². The maximum Gasteiger partial charge on any atom is 0.167 e. The van der Waals surface area contributed by atoms with Gasteiger partial charge in [0.15, 0.2) is 12.0 Å². The van der Waals surface area contributed by atoms with Crippen molar-refractivity contribution in [3.63, 3.8) is 0 Å². The molecule has 1 saturated carbocycles. The van der Waals surface area contributed by atoms with Crippen LogP contribution >= 0.6 is 0 Å². The van der Waals surface area contributed by atoms with E-state index in [1.165, 1.54) is 0 Å². The van der Waals surface area contributed by atoms with Gasteiger partial charge in [0, 0.05) is 6.42 Å². The number of carbonyl (C=O) groups excluding carboxylic acids is 1. The highest BCUT2D eigenvalue weighted by molar-refractivity contribution is 5.84. The fraction of sp³-hybridized carbons (Fsp3) is 0.889. The predicted octanol–water partition coefficient (Wildman–Crippen LogP) is 2.35. The molecule has 1 rings (SSSR count). The highest BCUT2D eigenvalue weighted by Crippen LogP contribution is 2.39. The lowest BCUT2D eigenvalue weighted by molar-refractivity contribution is -0.130. The number of hydrogen-bond acceptors (Lipinski definition) is 1. The molecule has 2 heteroatoms. The molecule has 2 atom stereocenters. The number of hydrogen-bond donors (Lipinski definition) is 0. The summed E-state index contributed by atoms with van der Waals surface area (Å²) in [5.74, 6) is 0.110. The molecule has 0 N–H and O–H groups in total. The van der Waals surface area contributed by atoms with Gasteiger partial charge in [0.25, 0.3) is 0 Å². The lowest BCUT2D eigenvalue weighted by Crippen LogP contribution is -2.37. The Morgan fingerprint density at radius 1 is 1.55 bits per heavy atom. The second-order valence-electron chi connectivity index (χ2n) is 4.23. The fourth-order valence-corrected chi connectivity index (χ4v) is 1.48. The number of ketones is 1. The van der Waals surface area contributed by atoms with Crippen molar-refractivity contribution < 1.29 is 9.18 Å². The Morgan fingerprint density at radius 2 is 2.09 bits per heavy atom. The minimum atomic E-state index is -1.21. The third-order valence-corrected chi connectivity index (χ3v) is 2.90. The maximum absolute atomic E-state index is 12.9. The summed E-state index contributed by atoms with van der Waals surface area (Å²) in [7, 11) is 0. The molecule has 0 spiro atoms. The van der Waals surface area contributed by atoms with Crippen molar-refractivity contribution in [1.82, 2.24) is 0 Å². The van der Waals surface area contributed by atoms with E-state index in [2.05, 4.69) is 0 Å². The number of rotatable bonds is 0. The van der Waals surface area contributed by atoms with Crippen molar-refractivity contribution in [2.24, 2.45) is 11.3 Å². The minimum Gasteiger partial charge on any atom is -0.296 e. The topological polar surface area (TPSA) is 17.1 Å². The molecule has 0 aromatic rings. The van der Waals surface area contributed by atoms with E-state index in [9.17, 15) is 9.18 Å². The molecular formula is C9H15FO. The zero-order valence-corrected chi connectivity index (χ0v) is 7.36. The van der Waals surface area contributed by atoms with E-state index < -0.39 is 6.17 Å². The SMILES string of the molecule is C[C@H]1CC(=O)[C@@H](F)CC1(C)C. The van der Waals surface area contributed by atoms with E-state index in [1.54, 1.807) is 0 Å². The molecule has 0 heterocycles. The summed E-state index contributed by atoms with van der Waals surface area (Å²) in [6.45, 7) is 6.07. The van der Waals surface area contributed by atoms with E-state index >= 15 is 0 Å². The average Bonchev–Trinajstić information content (AvgIpc) is 1.83. The minimum absolute atomic E-state index is 0.00662. The molecule has 0 aromatic carbocycles. The van der Waals surface area contributed by atoms with E-state index in [1.807, 2.05) is 20.8 Å². The lowest BCUT2D eigenvalue weighted by Gasteiger charge is -2.36. The molecule has 0 aliphatic heterocycles. The molecular weight excluding hydrogens is 143 g/mol. The van der Waals surface area contributed by atoms with Crippen LogP contribution in [0.5, 0.6) is 0 Å². The largest absolute Gasteiger partial charge is 0.296 e. The van der Waals surface area contributed by atoms with Gasteiger partial charge in [0.1, 0.15) is 0 Å². The van der Waals surface area contributed by atoms with Gasteiger partial charge in [-0.15, -0.1) is 0 Å². The van der Waals surface area contributed by atoms with Gasteiger partial charge in [-0.25, -0.2) is 4.39 Å². The average molecular weight is 158 g/mol. The third kappa shape index (κ3) is 1.60. The number of alkyl halides is 1. The highest BCUT2D eigenvalue weighted by atomic mass is 19.1. The van der Waals surface area contributed by atoms with Gasteiger partial charge in [0.05, 0.1) is 0 Å². The summed E-state index contributed by atoms with van der Waals surface area (Å²) in [6.07, 6.45) is -0.401. The lowest BCUT2D eigenvalue weighted by atomic mass is 9.69. The van der Waals surface area contributed by atoms with Gasteiger partial charge >= 0.3 is 0 Å². The van der Waals surface area contributed by atoms with Crippen LogP contribution in [-0.4, -0.2) is 12.0 Å². The predicted molar refractivity (Wildman–Crippen MR) is 42.1 cm³/mol. The first-order valence-electron chi connectivity index (χ1n) is 4.10. The van der Waals surface area contributed by atoms with Crippen LogP contribution in [0.15, 0.2) is 0 Å². The Morgan fingerprint density at radius 3 is 2.55 bits per heavy atom. The molecule has 0 aromatic heterocycles. The standard InChI is InChI=1S/C9H15FO/c1-6-4-8(11)7(10)5-9(6,2)3/h6-7H,4-5H2,1-3H3/t6-,7-/m0/s1. The summed E-state index contributed by atoms with van der Waals surface area (Å²) in [5, 5.41) is 0. The van der Waals surface area contributed by atoms with Crippen LogP contribution in [0.25, 0.3) is 0 Å². The fourth-order valence-electron chi connectivity index (χ4n) is 1.48. The molecule has 0 radical (unpaired) electrons. The molecule has 1 aliphatic carbocycles. The Labute approximate surface area is 67.0 Å². The highest BCUT2D eigenvalue weighted by Gasteiger charge is 2.38. The van der Waals surface area contributed by atoms with Crippen LogP contribution < -0.4 is 0 Å². The summed E-state index contributed by atoms with van der Waals surface area (Å²) in [4.78, 5) is 10.9. The first kappa shape index (κ1) is 8.69. The Balaban J connectivity index is 2.70. The quantitative estimate of drug-likeness (QED) is 0.529. The van der Waals surface area contributed by atoms with Crippen LogP contribution in [0.3, 0.4) is 0 Å². The molecule has 0 saturated heterocycles. The summed E-state index contributed by atoms with van der Waals surface area (Å²) >= 11 is 0. The first-order chi connectivity index (χ1) is 4.93. The van der Waals surface area contributed by atoms with Gasteiger partial charge in [-0.2, -0.15) is 0 Å². The smallest absolute Gasteiger partial charge is 0.167 e. The number of carbonyl (C=O) groups is 1. The van der Waals surface area contributed by atoms with Crippen LogP contribution in [0.4, 0.5) is 4.39 Å². The summed E-state index contributed by atoms with van der Waals surface area (Å²) in [5.41, 5.74) is -0.00662. The van der Waals surface area contributed by atoms with Gasteiger partial charge in [-0.1, -0.05) is 20.8 Å². The van der Waals surface area contributed by atoms with Crippen LogP contribution in [-0.2, 0) is 4.79 Å². The van der Waals surface area contributed by atoms with Crippen molar-refractivity contribution in [3.8, 4) is 0 Å². The van der Waals surface area contributed by atoms with Crippen molar-refractivity contribution >= 4 is 5.78 Å². The summed E-state index contributed by atoms with van der Waals surface area (Å²) < 4.78 is 12.9. The Kier molecular flexibility index (Phi) is 2.04. The molecule has 1 aliphatic rings. The second-order valence-corrected chi connectivity index (χ2v) is 4.23. The monoisotopic (exact) mass is 158 g/mol. The van der Waals surface area contributed by atoms with Crippen molar-refractivity contribution in [1.29, 1.82) is 0 Å². The summed E-state index contributed by atoms with van der Waals surface area (Å²) in [6, 6.07) is 0. The van der Waals surface area contributed by atoms with Crippen molar-refractivity contribution in [3.05, 3.63) is 0 Å². The molecule has 1 nitrogen and oxygen atoms in total. The van der Waals surface area contributed by atoms with Crippen LogP contribution in [0, 0.1) is 11.3 Å². The van der Waals surface area contributed by atoms with E-state index in [0.29, 0.717) is 18.8 Å². The normalized spacial score (nSPS) is 37.3. The van der Waals surface area contributed by atoms with Crippen LogP contribution in [0.1, 0.15) is 33.6 Å². The van der Waals surface area contributed by atoms with E-state index in [0.717, 1.165) is 0 Å². The molecule has 0 unspecified atom stereocenters.